The Morgan fingerprint density at radius 3 is 2.47 bits per heavy atom. The normalized spacial score (nSPS) is 12.1. The molecule has 0 fully saturated rings. The summed E-state index contributed by atoms with van der Waals surface area (Å²) in [7, 11) is 0. The Bertz CT molecular complexity index is 235. The molecule has 0 aromatic rings. The highest BCUT2D eigenvalue weighted by molar-refractivity contribution is 5.83. The predicted octanol–water partition coefficient (Wildman–Crippen LogP) is 0.424. The van der Waals surface area contributed by atoms with Crippen LogP contribution in [0.25, 0.3) is 0 Å². The number of nitrogens with two attached hydrogens (primary N) is 1. The number of rotatable bonds is 11. The van der Waals surface area contributed by atoms with Crippen LogP contribution in [-0.2, 0) is 9.63 Å². The van der Waals surface area contributed by atoms with E-state index in [1.54, 1.807) is 0 Å². The van der Waals surface area contributed by atoms with Crippen molar-refractivity contribution in [1.29, 1.82) is 0 Å². The maximum atomic E-state index is 11.2. The molecule has 0 aliphatic heterocycles. The third-order valence-electron chi connectivity index (χ3n) is 2.37. The minimum Gasteiger partial charge on any atom is -0.394 e. The van der Waals surface area contributed by atoms with Gasteiger partial charge in [-0.3, -0.25) is 4.79 Å². The van der Waals surface area contributed by atoms with E-state index in [1.807, 2.05) is 0 Å². The first-order valence-electron chi connectivity index (χ1n) is 5.74. The van der Waals surface area contributed by atoms with E-state index in [1.165, 1.54) is 0 Å². The van der Waals surface area contributed by atoms with Crippen LogP contribution >= 0.6 is 0 Å². The van der Waals surface area contributed by atoms with Crippen molar-refractivity contribution in [2.24, 2.45) is 5.73 Å². The third-order valence-corrected chi connectivity index (χ3v) is 2.37. The van der Waals surface area contributed by atoms with E-state index in [0.717, 1.165) is 25.7 Å². The van der Waals surface area contributed by atoms with Crippen molar-refractivity contribution >= 4 is 5.78 Å². The highest BCUT2D eigenvalue weighted by Gasteiger charge is 2.10. The SMILES string of the molecule is NC(CO)C(=O)CCCCCCCO[N+](=O)[O-]. The number of unbranched alkanes of at least 4 members (excludes halogenated alkanes) is 4. The Kier molecular flexibility index (Phi) is 9.27. The van der Waals surface area contributed by atoms with Crippen molar-refractivity contribution in [1.82, 2.24) is 0 Å². The Balaban J connectivity index is 3.24. The second kappa shape index (κ2) is 9.98. The van der Waals surface area contributed by atoms with Gasteiger partial charge in [-0.25, -0.2) is 0 Å². The molecule has 0 bridgehead atoms. The van der Waals surface area contributed by atoms with Crippen LogP contribution in [-0.4, -0.2) is 35.2 Å². The van der Waals surface area contributed by atoms with Gasteiger partial charge in [0.1, 0.15) is 0 Å². The summed E-state index contributed by atoms with van der Waals surface area (Å²) in [6.45, 7) is -0.182. The van der Waals surface area contributed by atoms with E-state index >= 15 is 0 Å². The average Bonchev–Trinajstić information content (AvgIpc) is 2.30. The highest BCUT2D eigenvalue weighted by Crippen LogP contribution is 2.06. The fourth-order valence-corrected chi connectivity index (χ4v) is 1.36. The van der Waals surface area contributed by atoms with Gasteiger partial charge >= 0.3 is 0 Å². The van der Waals surface area contributed by atoms with E-state index < -0.39 is 11.1 Å². The molecule has 17 heavy (non-hydrogen) atoms. The van der Waals surface area contributed by atoms with Crippen molar-refractivity contribution in [3.63, 3.8) is 0 Å². The standard InChI is InChI=1S/C10H20N2O5/c11-9(8-13)10(14)6-4-2-1-3-5-7-17-12(15)16/h9,13H,1-8,11H2. The maximum Gasteiger partial charge on any atom is 0.294 e. The van der Waals surface area contributed by atoms with Gasteiger partial charge < -0.3 is 15.7 Å². The van der Waals surface area contributed by atoms with Gasteiger partial charge in [-0.05, 0) is 12.8 Å². The van der Waals surface area contributed by atoms with Gasteiger partial charge in [0.05, 0.1) is 19.3 Å². The lowest BCUT2D eigenvalue weighted by atomic mass is 10.1. The lowest BCUT2D eigenvalue weighted by Crippen LogP contribution is -2.33. The van der Waals surface area contributed by atoms with E-state index in [2.05, 4.69) is 4.84 Å². The number of Topliss-reactive ketones (excluding diaryl/α,β-unsaturated/α-hetero) is 1. The molecule has 0 radical (unpaired) electrons. The molecule has 7 heteroatoms. The minimum atomic E-state index is -0.797. The zero-order valence-corrected chi connectivity index (χ0v) is 9.84. The molecule has 0 spiro atoms. The first kappa shape index (κ1) is 15.8. The molecule has 0 heterocycles. The number of hydrogen-bond acceptors (Lipinski definition) is 6. The predicted molar refractivity (Wildman–Crippen MR) is 60.7 cm³/mol. The molecule has 0 saturated heterocycles. The van der Waals surface area contributed by atoms with Gasteiger partial charge in [0.2, 0.25) is 0 Å². The molecule has 0 rings (SSSR count). The van der Waals surface area contributed by atoms with Gasteiger partial charge in [-0.1, -0.05) is 19.3 Å². The van der Waals surface area contributed by atoms with Crippen LogP contribution in [0.15, 0.2) is 0 Å². The molecule has 0 aromatic heterocycles. The lowest BCUT2D eigenvalue weighted by Gasteiger charge is -2.06. The van der Waals surface area contributed by atoms with Crippen molar-refractivity contribution < 1.29 is 19.8 Å². The first-order chi connectivity index (χ1) is 8.07. The maximum absolute atomic E-state index is 11.2. The summed E-state index contributed by atoms with van der Waals surface area (Å²) in [4.78, 5) is 25.2. The Hall–Kier alpha value is -1.21. The second-order valence-electron chi connectivity index (χ2n) is 3.83. The Labute approximate surface area is 100 Å². The van der Waals surface area contributed by atoms with Crippen LogP contribution < -0.4 is 5.73 Å². The fourth-order valence-electron chi connectivity index (χ4n) is 1.36. The summed E-state index contributed by atoms with van der Waals surface area (Å²) in [5.41, 5.74) is 5.35. The number of hydrogen-bond donors (Lipinski definition) is 2. The van der Waals surface area contributed by atoms with Crippen LogP contribution in [0.5, 0.6) is 0 Å². The molecule has 0 saturated carbocycles. The molecule has 0 aromatic carbocycles. The number of aliphatic hydroxyl groups excluding tert-OH is 1. The molecule has 7 nitrogen and oxygen atoms in total. The van der Waals surface area contributed by atoms with Gasteiger partial charge in [0.15, 0.2) is 5.78 Å². The number of ketones is 1. The van der Waals surface area contributed by atoms with E-state index in [4.69, 9.17) is 10.8 Å². The van der Waals surface area contributed by atoms with Crippen LogP contribution in [0, 0.1) is 10.1 Å². The van der Waals surface area contributed by atoms with Crippen molar-refractivity contribution in [3.8, 4) is 0 Å². The molecule has 1 atom stereocenters. The minimum absolute atomic E-state index is 0.121. The summed E-state index contributed by atoms with van der Waals surface area (Å²) in [5, 5.41) is 17.7. The van der Waals surface area contributed by atoms with Crippen molar-refractivity contribution in [2.45, 2.75) is 44.6 Å². The summed E-state index contributed by atoms with van der Waals surface area (Å²) >= 11 is 0. The molecule has 0 amide bonds. The number of nitrogens with zero attached hydrogens (tertiary/aromatic N) is 1. The van der Waals surface area contributed by atoms with Crippen LogP contribution in [0.3, 0.4) is 0 Å². The zero-order valence-electron chi connectivity index (χ0n) is 9.84. The van der Waals surface area contributed by atoms with E-state index in [0.29, 0.717) is 12.8 Å². The molecule has 0 aliphatic carbocycles. The van der Waals surface area contributed by atoms with Gasteiger partial charge in [0.25, 0.3) is 5.09 Å². The van der Waals surface area contributed by atoms with Crippen LogP contribution in [0.2, 0.25) is 0 Å². The average molecular weight is 248 g/mol. The highest BCUT2D eigenvalue weighted by atomic mass is 16.9. The molecule has 100 valence electrons. The van der Waals surface area contributed by atoms with Gasteiger partial charge in [0, 0.05) is 6.42 Å². The van der Waals surface area contributed by atoms with Crippen LogP contribution in [0.4, 0.5) is 0 Å². The molecular formula is C10H20N2O5. The molecular weight excluding hydrogens is 228 g/mol. The molecule has 0 aliphatic rings. The number of carbonyl (C=O) groups excluding carboxylic acids is 1. The quantitative estimate of drug-likeness (QED) is 0.311. The van der Waals surface area contributed by atoms with Crippen molar-refractivity contribution in [2.75, 3.05) is 13.2 Å². The molecule has 3 N–H and O–H groups in total. The Morgan fingerprint density at radius 1 is 1.29 bits per heavy atom. The summed E-state index contributed by atoms with van der Waals surface area (Å²) in [5.74, 6) is -0.121. The monoisotopic (exact) mass is 248 g/mol. The second-order valence-corrected chi connectivity index (χ2v) is 3.83. The fraction of sp³-hybridized carbons (Fsp3) is 0.900. The number of aliphatic hydroxyl groups is 1. The first-order valence-corrected chi connectivity index (χ1v) is 5.74. The topological polar surface area (TPSA) is 116 Å². The van der Waals surface area contributed by atoms with Gasteiger partial charge in [-0.2, -0.15) is 0 Å². The van der Waals surface area contributed by atoms with Crippen molar-refractivity contribution in [3.05, 3.63) is 10.1 Å². The lowest BCUT2D eigenvalue weighted by molar-refractivity contribution is -0.757. The molecule has 1 unspecified atom stereocenters. The smallest absolute Gasteiger partial charge is 0.294 e. The summed E-state index contributed by atoms with van der Waals surface area (Å²) in [6, 6.07) is -0.761. The zero-order chi connectivity index (χ0) is 13.1. The van der Waals surface area contributed by atoms with Crippen LogP contribution in [0.1, 0.15) is 38.5 Å². The van der Waals surface area contributed by atoms with E-state index in [9.17, 15) is 14.9 Å². The third kappa shape index (κ3) is 9.70. The van der Waals surface area contributed by atoms with Gasteiger partial charge in [-0.15, -0.1) is 10.1 Å². The largest absolute Gasteiger partial charge is 0.394 e. The summed E-state index contributed by atoms with van der Waals surface area (Å²) < 4.78 is 0. The number of carbonyl (C=O) groups is 1. The van der Waals surface area contributed by atoms with E-state index in [-0.39, 0.29) is 19.0 Å². The summed E-state index contributed by atoms with van der Waals surface area (Å²) in [6.07, 6.45) is 4.39. The Morgan fingerprint density at radius 2 is 1.88 bits per heavy atom.